The summed E-state index contributed by atoms with van der Waals surface area (Å²) in [6.07, 6.45) is 3.14. The van der Waals surface area contributed by atoms with Gasteiger partial charge in [0.1, 0.15) is 0 Å². The van der Waals surface area contributed by atoms with Crippen molar-refractivity contribution >= 4 is 26.3 Å². The van der Waals surface area contributed by atoms with E-state index in [9.17, 15) is 4.79 Å². The molecular formula is C14H21OPS. The fourth-order valence-corrected chi connectivity index (χ4v) is 2.77. The normalized spacial score (nSPS) is 12.8. The minimum absolute atomic E-state index is 0.0980. The zero-order valence-corrected chi connectivity index (χ0v) is 12.6. The van der Waals surface area contributed by atoms with E-state index in [1.807, 2.05) is 24.3 Å². The molecular weight excluding hydrogens is 247 g/mol. The molecule has 17 heavy (non-hydrogen) atoms. The first-order valence-electron chi connectivity index (χ1n) is 6.02. The first-order chi connectivity index (χ1) is 8.04. The number of carbonyl (C=O) groups is 1. The van der Waals surface area contributed by atoms with E-state index in [4.69, 9.17) is 0 Å². The molecule has 0 N–H and O–H groups in total. The summed E-state index contributed by atoms with van der Waals surface area (Å²) < 4.78 is 0. The molecule has 0 aliphatic carbocycles. The van der Waals surface area contributed by atoms with Crippen LogP contribution in [0.4, 0.5) is 0 Å². The van der Waals surface area contributed by atoms with Crippen LogP contribution in [0.15, 0.2) is 29.2 Å². The number of benzene rings is 1. The summed E-state index contributed by atoms with van der Waals surface area (Å²) in [7, 11) is 0.0980. The summed E-state index contributed by atoms with van der Waals surface area (Å²) in [6.45, 7) is 6.63. The summed E-state index contributed by atoms with van der Waals surface area (Å²) in [5.74, 6) is 0.475. The maximum atomic E-state index is 12.3. The zero-order chi connectivity index (χ0) is 12.8. The fourth-order valence-electron chi connectivity index (χ4n) is 1.80. The average molecular weight is 268 g/mol. The van der Waals surface area contributed by atoms with Crippen LogP contribution in [0, 0.1) is 5.92 Å². The summed E-state index contributed by atoms with van der Waals surface area (Å²) in [5.41, 5.74) is 0.825. The van der Waals surface area contributed by atoms with Gasteiger partial charge in [0.2, 0.25) is 0 Å². The van der Waals surface area contributed by atoms with E-state index >= 15 is 0 Å². The van der Waals surface area contributed by atoms with Gasteiger partial charge in [0.05, 0.1) is 0 Å². The van der Waals surface area contributed by atoms with Crippen molar-refractivity contribution in [3.05, 3.63) is 29.8 Å². The summed E-state index contributed by atoms with van der Waals surface area (Å²) >= 11 is 4.23. The first-order valence-corrected chi connectivity index (χ1v) is 8.89. The van der Waals surface area contributed by atoms with Gasteiger partial charge in [0.15, 0.2) is 5.78 Å². The molecule has 0 saturated heterocycles. The number of hydrogen-bond donors (Lipinski definition) is 1. The van der Waals surface area contributed by atoms with Gasteiger partial charge >= 0.3 is 0 Å². The van der Waals surface area contributed by atoms with Gasteiger partial charge in [-0.15, -0.1) is 20.6 Å². The fraction of sp³-hybridized carbons (Fsp3) is 0.500. The molecule has 1 rings (SSSR count). The molecule has 0 saturated carbocycles. The van der Waals surface area contributed by atoms with Gasteiger partial charge in [-0.2, -0.15) is 0 Å². The first kappa shape index (κ1) is 14.7. The standard InChI is InChI=1S/C14H21OPS/c1-4-11(9-10-16(2)3)14(15)12-5-7-13(17)8-6-12/h5-8,11,17H,4,9-10H2,1-3H3. The molecule has 0 aliphatic heterocycles. The predicted molar refractivity (Wildman–Crippen MR) is 80.1 cm³/mol. The maximum Gasteiger partial charge on any atom is 0.165 e. The summed E-state index contributed by atoms with van der Waals surface area (Å²) in [4.78, 5) is 13.2. The molecule has 94 valence electrons. The highest BCUT2D eigenvalue weighted by Crippen LogP contribution is 2.29. The van der Waals surface area contributed by atoms with Crippen molar-refractivity contribution in [2.75, 3.05) is 19.5 Å². The van der Waals surface area contributed by atoms with Crippen LogP contribution in [-0.2, 0) is 0 Å². The lowest BCUT2D eigenvalue weighted by molar-refractivity contribution is 0.0914. The van der Waals surface area contributed by atoms with Crippen molar-refractivity contribution in [1.82, 2.24) is 0 Å². The SMILES string of the molecule is CCC(CCP(C)C)C(=O)c1ccc(S)cc1. The molecule has 1 atom stereocenters. The second-order valence-corrected chi connectivity index (χ2v) is 7.73. The number of hydrogen-bond acceptors (Lipinski definition) is 2. The van der Waals surface area contributed by atoms with Gasteiger partial charge in [-0.25, -0.2) is 0 Å². The summed E-state index contributed by atoms with van der Waals surface area (Å²) in [5, 5.41) is 0. The van der Waals surface area contributed by atoms with E-state index in [1.165, 1.54) is 6.16 Å². The number of ketones is 1. The molecule has 0 aliphatic rings. The molecule has 0 aromatic heterocycles. The Hall–Kier alpha value is -0.330. The van der Waals surface area contributed by atoms with Crippen molar-refractivity contribution in [2.45, 2.75) is 24.7 Å². The summed E-state index contributed by atoms with van der Waals surface area (Å²) in [6, 6.07) is 7.53. The van der Waals surface area contributed by atoms with Crippen molar-refractivity contribution in [1.29, 1.82) is 0 Å². The molecule has 3 heteroatoms. The lowest BCUT2D eigenvalue weighted by Gasteiger charge is -2.15. The van der Waals surface area contributed by atoms with Crippen LogP contribution in [0.3, 0.4) is 0 Å². The molecule has 1 nitrogen and oxygen atoms in total. The van der Waals surface area contributed by atoms with Crippen molar-refractivity contribution in [3.8, 4) is 0 Å². The van der Waals surface area contributed by atoms with Crippen LogP contribution in [0.2, 0.25) is 0 Å². The van der Waals surface area contributed by atoms with E-state index < -0.39 is 0 Å². The smallest absolute Gasteiger partial charge is 0.165 e. The van der Waals surface area contributed by atoms with Crippen LogP contribution in [0.1, 0.15) is 30.1 Å². The van der Waals surface area contributed by atoms with Crippen molar-refractivity contribution in [2.24, 2.45) is 5.92 Å². The second kappa shape index (κ2) is 7.18. The third kappa shape index (κ3) is 4.81. The van der Waals surface area contributed by atoms with Crippen LogP contribution < -0.4 is 0 Å². The zero-order valence-electron chi connectivity index (χ0n) is 10.8. The van der Waals surface area contributed by atoms with E-state index in [2.05, 4.69) is 32.9 Å². The van der Waals surface area contributed by atoms with Crippen LogP contribution in [-0.4, -0.2) is 25.3 Å². The molecule has 1 unspecified atom stereocenters. The Kier molecular flexibility index (Phi) is 6.22. The van der Waals surface area contributed by atoms with Crippen molar-refractivity contribution < 1.29 is 4.79 Å². The van der Waals surface area contributed by atoms with Crippen LogP contribution in [0.25, 0.3) is 0 Å². The molecule has 0 radical (unpaired) electrons. The Morgan fingerprint density at radius 2 is 1.88 bits per heavy atom. The number of rotatable bonds is 6. The second-order valence-electron chi connectivity index (χ2n) is 4.61. The average Bonchev–Trinajstić information content (AvgIpc) is 2.30. The molecule has 0 heterocycles. The highest BCUT2D eigenvalue weighted by atomic mass is 32.1. The van der Waals surface area contributed by atoms with E-state index in [-0.39, 0.29) is 19.6 Å². The highest BCUT2D eigenvalue weighted by molar-refractivity contribution is 7.80. The van der Waals surface area contributed by atoms with Gasteiger partial charge in [-0.3, -0.25) is 4.79 Å². The van der Waals surface area contributed by atoms with Gasteiger partial charge in [0, 0.05) is 16.4 Å². The van der Waals surface area contributed by atoms with Crippen LogP contribution in [0.5, 0.6) is 0 Å². The third-order valence-corrected chi connectivity index (χ3v) is 4.39. The largest absolute Gasteiger partial charge is 0.294 e. The van der Waals surface area contributed by atoms with E-state index in [0.29, 0.717) is 0 Å². The van der Waals surface area contributed by atoms with Gasteiger partial charge in [0.25, 0.3) is 0 Å². The Bertz CT molecular complexity index is 359. The van der Waals surface area contributed by atoms with Gasteiger partial charge in [-0.05, 0) is 44.5 Å². The molecule has 0 bridgehead atoms. The maximum absolute atomic E-state index is 12.3. The molecule has 0 fully saturated rings. The molecule has 0 spiro atoms. The Balaban J connectivity index is 2.68. The lowest BCUT2D eigenvalue weighted by Crippen LogP contribution is -2.15. The number of thiol groups is 1. The van der Waals surface area contributed by atoms with Gasteiger partial charge in [-0.1, -0.05) is 19.1 Å². The molecule has 1 aromatic rings. The lowest BCUT2D eigenvalue weighted by atomic mass is 9.93. The Labute approximate surface area is 111 Å². The quantitative estimate of drug-likeness (QED) is 0.462. The minimum atomic E-state index is 0.0980. The number of carbonyl (C=O) groups excluding carboxylic acids is 1. The number of Topliss-reactive ketones (excluding diaryl/α,β-unsaturated/α-hetero) is 1. The van der Waals surface area contributed by atoms with Crippen LogP contribution >= 0.6 is 20.6 Å². The Morgan fingerprint density at radius 1 is 1.29 bits per heavy atom. The van der Waals surface area contributed by atoms with Gasteiger partial charge < -0.3 is 0 Å². The monoisotopic (exact) mass is 268 g/mol. The third-order valence-electron chi connectivity index (χ3n) is 2.94. The molecule has 1 aromatic carbocycles. The Morgan fingerprint density at radius 3 is 2.35 bits per heavy atom. The van der Waals surface area contributed by atoms with E-state index in [0.717, 1.165) is 23.3 Å². The highest BCUT2D eigenvalue weighted by Gasteiger charge is 2.18. The van der Waals surface area contributed by atoms with E-state index in [1.54, 1.807) is 0 Å². The van der Waals surface area contributed by atoms with Crippen molar-refractivity contribution in [3.63, 3.8) is 0 Å². The predicted octanol–water partition coefficient (Wildman–Crippen LogP) is 4.32. The topological polar surface area (TPSA) is 17.1 Å². The molecule has 0 amide bonds. The minimum Gasteiger partial charge on any atom is -0.294 e.